The number of anilines is 1. The van der Waals surface area contributed by atoms with Crippen molar-refractivity contribution < 1.29 is 9.59 Å². The van der Waals surface area contributed by atoms with Gasteiger partial charge in [0.25, 0.3) is 0 Å². The number of hydrogen-bond donors (Lipinski definition) is 1. The number of rotatable bonds is 4. The molecule has 21 heavy (non-hydrogen) atoms. The van der Waals surface area contributed by atoms with E-state index in [4.69, 9.17) is 0 Å². The summed E-state index contributed by atoms with van der Waals surface area (Å²) < 4.78 is 0. The van der Waals surface area contributed by atoms with Crippen LogP contribution in [-0.2, 0) is 9.59 Å². The molecule has 1 saturated carbocycles. The summed E-state index contributed by atoms with van der Waals surface area (Å²) in [5, 5.41) is 2.93. The second kappa shape index (κ2) is 5.51. The number of nitrogens with zero attached hydrogens (tertiary/aromatic N) is 1. The van der Waals surface area contributed by atoms with Crippen LogP contribution in [0.2, 0.25) is 0 Å². The Bertz CT molecular complexity index is 546. The minimum absolute atomic E-state index is 0.0382. The zero-order valence-corrected chi connectivity index (χ0v) is 12.6. The summed E-state index contributed by atoms with van der Waals surface area (Å²) in [7, 11) is 0. The van der Waals surface area contributed by atoms with Gasteiger partial charge in [-0.25, -0.2) is 0 Å². The normalized spacial score (nSPS) is 22.0. The number of hydrogen-bond acceptors (Lipinski definition) is 2. The predicted molar refractivity (Wildman–Crippen MR) is 82.0 cm³/mol. The number of likely N-dealkylation sites (tertiary alicyclic amines) is 1. The van der Waals surface area contributed by atoms with Crippen molar-refractivity contribution in [3.8, 4) is 0 Å². The van der Waals surface area contributed by atoms with Gasteiger partial charge in [0.1, 0.15) is 0 Å². The third-order valence-electron chi connectivity index (χ3n) is 4.36. The van der Waals surface area contributed by atoms with E-state index in [1.165, 1.54) is 5.56 Å². The van der Waals surface area contributed by atoms with Gasteiger partial charge in [-0.15, -0.1) is 0 Å². The van der Waals surface area contributed by atoms with Crippen LogP contribution in [0.3, 0.4) is 0 Å². The Kier molecular flexibility index (Phi) is 3.70. The molecule has 1 saturated heterocycles. The molecule has 1 heterocycles. The molecule has 2 amide bonds. The lowest BCUT2D eigenvalue weighted by Crippen LogP contribution is -2.29. The van der Waals surface area contributed by atoms with Crippen molar-refractivity contribution >= 4 is 17.5 Å². The van der Waals surface area contributed by atoms with E-state index in [-0.39, 0.29) is 17.7 Å². The van der Waals surface area contributed by atoms with Gasteiger partial charge in [0.2, 0.25) is 11.8 Å². The fraction of sp³-hybridized carbons (Fsp3) is 0.529. The molecular formula is C17H22N2O2. The fourth-order valence-corrected chi connectivity index (χ4v) is 2.84. The van der Waals surface area contributed by atoms with Crippen LogP contribution in [0.4, 0.5) is 5.69 Å². The second-order valence-electron chi connectivity index (χ2n) is 6.44. The Morgan fingerprint density at radius 1 is 1.24 bits per heavy atom. The molecule has 1 N–H and O–H groups in total. The molecule has 2 fully saturated rings. The monoisotopic (exact) mass is 286 g/mol. The molecule has 0 radical (unpaired) electrons. The maximum atomic E-state index is 12.3. The molecule has 0 bridgehead atoms. The van der Waals surface area contributed by atoms with E-state index in [0.29, 0.717) is 24.9 Å². The molecule has 2 aliphatic rings. The van der Waals surface area contributed by atoms with E-state index in [1.54, 1.807) is 0 Å². The van der Waals surface area contributed by atoms with Gasteiger partial charge in [-0.1, -0.05) is 26.0 Å². The summed E-state index contributed by atoms with van der Waals surface area (Å²) in [6, 6.07) is 8.35. The molecule has 4 heteroatoms. The highest BCUT2D eigenvalue weighted by molar-refractivity contribution is 5.97. The van der Waals surface area contributed by atoms with Gasteiger partial charge in [-0.05, 0) is 36.5 Å². The Hall–Kier alpha value is -1.84. The SMILES string of the molecule is CC(C)c1ccc(NC(=O)[C@H]2CC(=O)N(C3CC3)C2)cc1. The lowest BCUT2D eigenvalue weighted by molar-refractivity contribution is -0.128. The smallest absolute Gasteiger partial charge is 0.229 e. The quantitative estimate of drug-likeness (QED) is 0.925. The van der Waals surface area contributed by atoms with E-state index in [1.807, 2.05) is 29.2 Å². The highest BCUT2D eigenvalue weighted by Gasteiger charge is 2.41. The Labute approximate surface area is 125 Å². The van der Waals surface area contributed by atoms with Crippen LogP contribution in [0.5, 0.6) is 0 Å². The molecule has 4 nitrogen and oxygen atoms in total. The van der Waals surface area contributed by atoms with E-state index >= 15 is 0 Å². The molecule has 1 aliphatic carbocycles. The van der Waals surface area contributed by atoms with Gasteiger partial charge < -0.3 is 10.2 Å². The van der Waals surface area contributed by atoms with E-state index in [9.17, 15) is 9.59 Å². The van der Waals surface area contributed by atoms with Gasteiger partial charge in [0, 0.05) is 24.7 Å². The Morgan fingerprint density at radius 3 is 2.48 bits per heavy atom. The highest BCUT2D eigenvalue weighted by Crippen LogP contribution is 2.33. The molecule has 0 unspecified atom stereocenters. The van der Waals surface area contributed by atoms with Crippen LogP contribution in [0.25, 0.3) is 0 Å². The van der Waals surface area contributed by atoms with Gasteiger partial charge in [0.15, 0.2) is 0 Å². The Morgan fingerprint density at radius 2 is 1.90 bits per heavy atom. The summed E-state index contributed by atoms with van der Waals surface area (Å²) in [6.07, 6.45) is 2.54. The number of carbonyl (C=O) groups is 2. The lowest BCUT2D eigenvalue weighted by atomic mass is 10.0. The maximum absolute atomic E-state index is 12.3. The Balaban J connectivity index is 1.60. The van der Waals surface area contributed by atoms with Gasteiger partial charge >= 0.3 is 0 Å². The minimum atomic E-state index is -0.206. The number of nitrogens with one attached hydrogen (secondary N) is 1. The molecule has 1 aromatic carbocycles. The third-order valence-corrected chi connectivity index (χ3v) is 4.36. The van der Waals surface area contributed by atoms with Crippen molar-refractivity contribution in [2.45, 2.75) is 45.1 Å². The van der Waals surface area contributed by atoms with Gasteiger partial charge in [-0.2, -0.15) is 0 Å². The molecule has 1 aromatic rings. The molecule has 3 rings (SSSR count). The number of carbonyl (C=O) groups excluding carboxylic acids is 2. The second-order valence-corrected chi connectivity index (χ2v) is 6.44. The summed E-state index contributed by atoms with van der Waals surface area (Å²) in [6.45, 7) is 4.87. The first-order valence-electron chi connectivity index (χ1n) is 7.75. The molecule has 0 aromatic heterocycles. The molecule has 1 aliphatic heterocycles. The van der Waals surface area contributed by atoms with Crippen LogP contribution < -0.4 is 5.32 Å². The molecular weight excluding hydrogens is 264 g/mol. The minimum Gasteiger partial charge on any atom is -0.339 e. The fourth-order valence-electron chi connectivity index (χ4n) is 2.84. The first kappa shape index (κ1) is 14.1. The number of benzene rings is 1. The predicted octanol–water partition coefficient (Wildman–Crippen LogP) is 2.76. The summed E-state index contributed by atoms with van der Waals surface area (Å²) in [5.41, 5.74) is 2.06. The largest absolute Gasteiger partial charge is 0.339 e. The van der Waals surface area contributed by atoms with Crippen molar-refractivity contribution in [2.75, 3.05) is 11.9 Å². The van der Waals surface area contributed by atoms with Gasteiger partial charge in [-0.3, -0.25) is 9.59 Å². The first-order valence-corrected chi connectivity index (χ1v) is 7.75. The zero-order chi connectivity index (χ0) is 15.0. The topological polar surface area (TPSA) is 49.4 Å². The molecule has 112 valence electrons. The highest BCUT2D eigenvalue weighted by atomic mass is 16.2. The van der Waals surface area contributed by atoms with Crippen molar-refractivity contribution in [1.29, 1.82) is 0 Å². The van der Waals surface area contributed by atoms with Crippen LogP contribution in [0.1, 0.15) is 44.6 Å². The zero-order valence-electron chi connectivity index (χ0n) is 12.6. The van der Waals surface area contributed by atoms with E-state index in [0.717, 1.165) is 18.5 Å². The average Bonchev–Trinajstić information content (AvgIpc) is 3.22. The summed E-state index contributed by atoms with van der Waals surface area (Å²) >= 11 is 0. The van der Waals surface area contributed by atoms with Crippen LogP contribution >= 0.6 is 0 Å². The van der Waals surface area contributed by atoms with Crippen molar-refractivity contribution in [3.63, 3.8) is 0 Å². The van der Waals surface area contributed by atoms with Crippen LogP contribution in [-0.4, -0.2) is 29.3 Å². The summed E-state index contributed by atoms with van der Waals surface area (Å²) in [5.74, 6) is 0.369. The van der Waals surface area contributed by atoms with Crippen molar-refractivity contribution in [2.24, 2.45) is 5.92 Å². The van der Waals surface area contributed by atoms with Crippen LogP contribution in [0, 0.1) is 5.92 Å². The lowest BCUT2D eigenvalue weighted by Gasteiger charge is -2.15. The average molecular weight is 286 g/mol. The first-order chi connectivity index (χ1) is 10.0. The number of amides is 2. The van der Waals surface area contributed by atoms with Gasteiger partial charge in [0.05, 0.1) is 5.92 Å². The maximum Gasteiger partial charge on any atom is 0.229 e. The standard InChI is InChI=1S/C17H22N2O2/c1-11(2)12-3-5-14(6-4-12)18-17(21)13-9-16(20)19(10-13)15-7-8-15/h3-6,11,13,15H,7-10H2,1-2H3,(H,18,21)/t13-/m0/s1. The third kappa shape index (κ3) is 3.09. The van der Waals surface area contributed by atoms with Crippen molar-refractivity contribution in [1.82, 2.24) is 4.90 Å². The molecule has 0 spiro atoms. The molecule has 1 atom stereocenters. The van der Waals surface area contributed by atoms with Crippen molar-refractivity contribution in [3.05, 3.63) is 29.8 Å². The van der Waals surface area contributed by atoms with Crippen LogP contribution in [0.15, 0.2) is 24.3 Å². The van der Waals surface area contributed by atoms with E-state index in [2.05, 4.69) is 19.2 Å². The summed E-state index contributed by atoms with van der Waals surface area (Å²) in [4.78, 5) is 26.0. The van der Waals surface area contributed by atoms with E-state index < -0.39 is 0 Å².